The van der Waals surface area contributed by atoms with Crippen LogP contribution in [0.5, 0.6) is 0 Å². The molecule has 1 heterocycles. The van der Waals surface area contributed by atoms with E-state index in [4.69, 9.17) is 0 Å². The van der Waals surface area contributed by atoms with Gasteiger partial charge in [0.15, 0.2) is 5.13 Å². The smallest absolute Gasteiger partial charge is 0.230 e. The SMILES string of the molecule is CNCCNC(=O)[C@H]1[C@H](C(=O)Nc2ncc(Br)s2)[C@@H]2C=C[C@H]1C21CC1. The predicted molar refractivity (Wildman–Crippen MR) is 100 cm³/mol. The fraction of sp³-hybridized carbons (Fsp3) is 0.588. The van der Waals surface area contributed by atoms with Crippen LogP contribution in [0.1, 0.15) is 12.8 Å². The highest BCUT2D eigenvalue weighted by Crippen LogP contribution is 2.72. The van der Waals surface area contributed by atoms with Crippen LogP contribution in [0.3, 0.4) is 0 Å². The summed E-state index contributed by atoms with van der Waals surface area (Å²) in [5.41, 5.74) is 0.149. The van der Waals surface area contributed by atoms with Crippen LogP contribution in [0.2, 0.25) is 0 Å². The molecule has 4 atom stereocenters. The Morgan fingerprint density at radius 2 is 1.92 bits per heavy atom. The topological polar surface area (TPSA) is 83.1 Å². The summed E-state index contributed by atoms with van der Waals surface area (Å²) in [4.78, 5) is 30.0. The average molecular weight is 425 g/mol. The lowest BCUT2D eigenvalue weighted by Gasteiger charge is -2.25. The van der Waals surface area contributed by atoms with E-state index in [9.17, 15) is 9.59 Å². The molecule has 3 aliphatic rings. The molecule has 1 aromatic heterocycles. The highest BCUT2D eigenvalue weighted by atomic mass is 79.9. The van der Waals surface area contributed by atoms with E-state index in [1.165, 1.54) is 11.3 Å². The van der Waals surface area contributed by atoms with Crippen LogP contribution < -0.4 is 16.0 Å². The molecular weight excluding hydrogens is 404 g/mol. The summed E-state index contributed by atoms with van der Waals surface area (Å²) < 4.78 is 0.871. The molecule has 134 valence electrons. The molecule has 1 aromatic rings. The Morgan fingerprint density at radius 1 is 1.24 bits per heavy atom. The summed E-state index contributed by atoms with van der Waals surface area (Å²) in [5.74, 6) is -0.322. The predicted octanol–water partition coefficient (Wildman–Crippen LogP) is 2.01. The van der Waals surface area contributed by atoms with Gasteiger partial charge in [-0.1, -0.05) is 23.5 Å². The van der Waals surface area contributed by atoms with Crippen LogP contribution in [0.4, 0.5) is 5.13 Å². The van der Waals surface area contributed by atoms with Crippen molar-refractivity contribution >= 4 is 44.2 Å². The van der Waals surface area contributed by atoms with Gasteiger partial charge in [-0.15, -0.1) is 0 Å². The average Bonchev–Trinajstić information content (AvgIpc) is 3.08. The number of allylic oxidation sites excluding steroid dienone is 2. The normalized spacial score (nSPS) is 30.6. The summed E-state index contributed by atoms with van der Waals surface area (Å²) in [7, 11) is 1.86. The molecule has 3 aliphatic carbocycles. The Labute approximate surface area is 159 Å². The minimum Gasteiger partial charge on any atom is -0.355 e. The highest BCUT2D eigenvalue weighted by molar-refractivity contribution is 9.11. The van der Waals surface area contributed by atoms with Crippen LogP contribution in [0, 0.1) is 29.1 Å². The van der Waals surface area contributed by atoms with Crippen molar-refractivity contribution in [2.24, 2.45) is 29.1 Å². The Bertz CT molecular complexity index is 730. The first-order valence-corrected chi connectivity index (χ1v) is 10.2. The fourth-order valence-corrected chi connectivity index (χ4v) is 5.75. The van der Waals surface area contributed by atoms with Crippen molar-refractivity contribution in [1.29, 1.82) is 0 Å². The van der Waals surface area contributed by atoms with Crippen LogP contribution >= 0.6 is 27.3 Å². The van der Waals surface area contributed by atoms with E-state index < -0.39 is 0 Å². The number of likely N-dealkylation sites (N-methyl/N-ethyl adjacent to an activating group) is 1. The summed E-state index contributed by atoms with van der Waals surface area (Å²) in [5, 5.41) is 9.51. The molecule has 6 nitrogen and oxygen atoms in total. The molecule has 0 saturated heterocycles. The molecule has 25 heavy (non-hydrogen) atoms. The van der Waals surface area contributed by atoms with Gasteiger partial charge in [-0.25, -0.2) is 4.98 Å². The summed E-state index contributed by atoms with van der Waals surface area (Å²) >= 11 is 4.74. The first kappa shape index (κ1) is 17.2. The van der Waals surface area contributed by atoms with Gasteiger partial charge in [0.25, 0.3) is 0 Å². The van der Waals surface area contributed by atoms with Crippen LogP contribution in [-0.2, 0) is 9.59 Å². The molecular formula is C17H21BrN4O2S. The van der Waals surface area contributed by atoms with Gasteiger partial charge in [0.05, 0.1) is 21.8 Å². The molecule has 2 bridgehead atoms. The Morgan fingerprint density at radius 3 is 2.48 bits per heavy atom. The lowest BCUT2D eigenvalue weighted by atomic mass is 9.81. The molecule has 0 aliphatic heterocycles. The van der Waals surface area contributed by atoms with Gasteiger partial charge in [0.2, 0.25) is 11.8 Å². The number of thiazole rings is 1. The third-order valence-electron chi connectivity index (χ3n) is 5.83. The quantitative estimate of drug-likeness (QED) is 0.481. The third kappa shape index (κ3) is 2.84. The maximum Gasteiger partial charge on any atom is 0.230 e. The van der Waals surface area contributed by atoms with E-state index in [2.05, 4.69) is 49.0 Å². The molecule has 2 saturated carbocycles. The molecule has 8 heteroatoms. The number of halogens is 1. The Kier molecular flexibility index (Phi) is 4.45. The maximum atomic E-state index is 13.0. The highest BCUT2D eigenvalue weighted by Gasteiger charge is 2.69. The van der Waals surface area contributed by atoms with E-state index in [1.54, 1.807) is 6.20 Å². The number of rotatable bonds is 6. The van der Waals surface area contributed by atoms with E-state index in [0.29, 0.717) is 11.7 Å². The van der Waals surface area contributed by atoms with E-state index >= 15 is 0 Å². The van der Waals surface area contributed by atoms with Gasteiger partial charge in [-0.2, -0.15) is 0 Å². The van der Waals surface area contributed by atoms with Gasteiger partial charge in [0.1, 0.15) is 0 Å². The number of amides is 2. The van der Waals surface area contributed by atoms with E-state index in [0.717, 1.165) is 23.2 Å². The lowest BCUT2D eigenvalue weighted by molar-refractivity contribution is -0.132. The van der Waals surface area contributed by atoms with Crippen molar-refractivity contribution in [2.75, 3.05) is 25.5 Å². The third-order valence-corrected chi connectivity index (χ3v) is 7.22. The number of carbonyl (C=O) groups is 2. The van der Waals surface area contributed by atoms with Gasteiger partial charge in [-0.05, 0) is 53.1 Å². The molecule has 2 fully saturated rings. The van der Waals surface area contributed by atoms with Crippen LogP contribution in [0.15, 0.2) is 22.1 Å². The first-order valence-electron chi connectivity index (χ1n) is 8.59. The second kappa shape index (κ2) is 6.48. The standard InChI is InChI=1S/C17H21BrN4O2S/c1-19-6-7-20-14(23)12-9-2-3-10(17(9)4-5-17)13(12)15(24)22-16-21-8-11(18)25-16/h2-3,8-10,12-13,19H,4-7H2,1H3,(H,20,23)(H,21,22,24)/t9-,10+,12-,13-/m1/s1. The van der Waals surface area contributed by atoms with Crippen molar-refractivity contribution in [2.45, 2.75) is 12.8 Å². The maximum absolute atomic E-state index is 13.0. The van der Waals surface area contributed by atoms with Crippen molar-refractivity contribution in [3.8, 4) is 0 Å². The van der Waals surface area contributed by atoms with Crippen LogP contribution in [-0.4, -0.2) is 36.9 Å². The zero-order valence-electron chi connectivity index (χ0n) is 13.9. The van der Waals surface area contributed by atoms with Crippen LogP contribution in [0.25, 0.3) is 0 Å². The number of hydrogen-bond donors (Lipinski definition) is 3. The number of anilines is 1. The summed E-state index contributed by atoms with van der Waals surface area (Å²) in [6.45, 7) is 1.30. The Balaban J connectivity index is 1.54. The molecule has 4 rings (SSSR count). The molecule has 0 aromatic carbocycles. The fourth-order valence-electron chi connectivity index (χ4n) is 4.64. The Hall–Kier alpha value is -1.25. The molecule has 0 unspecified atom stereocenters. The zero-order chi connectivity index (χ0) is 17.6. The molecule has 3 N–H and O–H groups in total. The van der Waals surface area contributed by atoms with E-state index in [1.807, 2.05) is 7.05 Å². The van der Waals surface area contributed by atoms with Crippen molar-refractivity contribution in [3.05, 3.63) is 22.1 Å². The minimum absolute atomic E-state index is 0.00107. The molecule has 1 spiro atoms. The van der Waals surface area contributed by atoms with Gasteiger partial charge < -0.3 is 16.0 Å². The number of aromatic nitrogens is 1. The number of nitrogens with zero attached hydrogens (tertiary/aromatic N) is 1. The zero-order valence-corrected chi connectivity index (χ0v) is 16.3. The molecule has 2 amide bonds. The number of carbonyl (C=O) groups excluding carboxylic acids is 2. The van der Waals surface area contributed by atoms with Gasteiger partial charge >= 0.3 is 0 Å². The monoisotopic (exact) mass is 424 g/mol. The van der Waals surface area contributed by atoms with Gasteiger partial charge in [0, 0.05) is 13.1 Å². The van der Waals surface area contributed by atoms with E-state index in [-0.39, 0.29) is 40.9 Å². The molecule has 0 radical (unpaired) electrons. The minimum atomic E-state index is -0.310. The summed E-state index contributed by atoms with van der Waals surface area (Å²) in [6.07, 6.45) is 8.23. The first-order chi connectivity index (χ1) is 12.1. The lowest BCUT2D eigenvalue weighted by Crippen LogP contribution is -2.43. The second-order valence-corrected chi connectivity index (χ2v) is 9.48. The second-order valence-electron chi connectivity index (χ2n) is 7.07. The summed E-state index contributed by atoms with van der Waals surface area (Å²) in [6, 6.07) is 0. The van der Waals surface area contributed by atoms with Gasteiger partial charge in [-0.3, -0.25) is 9.59 Å². The largest absolute Gasteiger partial charge is 0.355 e. The van der Waals surface area contributed by atoms with Crippen molar-refractivity contribution < 1.29 is 9.59 Å². The number of hydrogen-bond acceptors (Lipinski definition) is 5. The van der Waals surface area contributed by atoms with Crippen molar-refractivity contribution in [3.63, 3.8) is 0 Å². The number of nitrogens with one attached hydrogen (secondary N) is 3. The van der Waals surface area contributed by atoms with Crippen molar-refractivity contribution in [1.82, 2.24) is 15.6 Å².